The lowest BCUT2D eigenvalue weighted by Gasteiger charge is -2.37. The molecule has 0 aliphatic carbocycles. The van der Waals surface area contributed by atoms with Crippen molar-refractivity contribution in [3.63, 3.8) is 0 Å². The molecule has 0 bridgehead atoms. The lowest BCUT2D eigenvalue weighted by atomic mass is 9.94. The molecule has 132 valence electrons. The predicted octanol–water partition coefficient (Wildman–Crippen LogP) is 2.81. The summed E-state index contributed by atoms with van der Waals surface area (Å²) in [4.78, 5) is 25.4. The number of carboxylic acids is 1. The van der Waals surface area contributed by atoms with Crippen molar-refractivity contribution < 1.29 is 24.2 Å². The molecule has 1 amide bonds. The molecule has 0 spiro atoms. The van der Waals surface area contributed by atoms with Gasteiger partial charge < -0.3 is 19.5 Å². The maximum Gasteiger partial charge on any atom is 0.341 e. The van der Waals surface area contributed by atoms with E-state index in [-0.39, 0.29) is 11.9 Å². The molecule has 1 saturated heterocycles. The molecular formula is C18H25NO5. The number of carboxylic acid groups (broad SMARTS) is 1. The summed E-state index contributed by atoms with van der Waals surface area (Å²) in [5, 5.41) is 8.74. The van der Waals surface area contributed by atoms with Gasteiger partial charge in [0.05, 0.1) is 6.61 Å². The third kappa shape index (κ3) is 4.40. The first-order chi connectivity index (χ1) is 11.4. The largest absolute Gasteiger partial charge is 0.490 e. The van der Waals surface area contributed by atoms with Gasteiger partial charge >= 0.3 is 5.97 Å². The quantitative estimate of drug-likeness (QED) is 0.865. The van der Waals surface area contributed by atoms with Crippen LogP contribution in [0.3, 0.4) is 0 Å². The number of hydrogen-bond donors (Lipinski definition) is 1. The fraction of sp³-hybridized carbons (Fsp3) is 0.556. The first-order valence-electron chi connectivity index (χ1n) is 8.34. The van der Waals surface area contributed by atoms with E-state index in [1.165, 1.54) is 0 Å². The second kappa shape index (κ2) is 8.04. The molecule has 1 aliphatic heterocycles. The number of ether oxygens (including phenoxy) is 2. The normalized spacial score (nSPS) is 20.5. The highest BCUT2D eigenvalue weighted by Crippen LogP contribution is 2.30. The number of carbonyl (C=O) groups excluding carboxylic acids is 1. The highest BCUT2D eigenvalue weighted by molar-refractivity contribution is 5.95. The number of aliphatic carboxylic acids is 1. The summed E-state index contributed by atoms with van der Waals surface area (Å²) in [6.07, 6.45) is 2.14. The number of benzene rings is 1. The lowest BCUT2D eigenvalue weighted by molar-refractivity contribution is -0.139. The molecule has 6 heteroatoms. The van der Waals surface area contributed by atoms with Crippen molar-refractivity contribution in [3.8, 4) is 11.5 Å². The molecule has 2 atom stereocenters. The molecule has 6 nitrogen and oxygen atoms in total. The second-order valence-electron chi connectivity index (χ2n) is 6.27. The van der Waals surface area contributed by atoms with Gasteiger partial charge in [0.1, 0.15) is 0 Å². The summed E-state index contributed by atoms with van der Waals surface area (Å²) in [6.45, 7) is 6.75. The Morgan fingerprint density at radius 3 is 2.62 bits per heavy atom. The van der Waals surface area contributed by atoms with Crippen molar-refractivity contribution in [1.82, 2.24) is 4.90 Å². The van der Waals surface area contributed by atoms with Crippen LogP contribution in [-0.4, -0.2) is 47.7 Å². The SMILES string of the molecule is CCOc1cc(C(=O)N2CC(C)CCC2C)ccc1OCC(=O)O. The summed E-state index contributed by atoms with van der Waals surface area (Å²) in [5.74, 6) is 0.126. The Morgan fingerprint density at radius 1 is 1.21 bits per heavy atom. The highest BCUT2D eigenvalue weighted by atomic mass is 16.5. The summed E-state index contributed by atoms with van der Waals surface area (Å²) in [5.41, 5.74) is 0.530. The predicted molar refractivity (Wildman–Crippen MR) is 89.6 cm³/mol. The monoisotopic (exact) mass is 335 g/mol. The summed E-state index contributed by atoms with van der Waals surface area (Å²) >= 11 is 0. The molecule has 24 heavy (non-hydrogen) atoms. The van der Waals surface area contributed by atoms with Crippen LogP contribution in [0.15, 0.2) is 18.2 Å². The maximum atomic E-state index is 12.8. The van der Waals surface area contributed by atoms with Crippen LogP contribution in [0.1, 0.15) is 44.0 Å². The van der Waals surface area contributed by atoms with Crippen LogP contribution in [-0.2, 0) is 4.79 Å². The van der Waals surface area contributed by atoms with Crippen LogP contribution in [0, 0.1) is 5.92 Å². The van der Waals surface area contributed by atoms with Crippen LogP contribution in [0.2, 0.25) is 0 Å². The van der Waals surface area contributed by atoms with Crippen molar-refractivity contribution >= 4 is 11.9 Å². The topological polar surface area (TPSA) is 76.1 Å². The third-order valence-corrected chi connectivity index (χ3v) is 4.22. The number of carbonyl (C=O) groups is 2. The third-order valence-electron chi connectivity index (χ3n) is 4.22. The molecular weight excluding hydrogens is 310 g/mol. The molecule has 1 N–H and O–H groups in total. The minimum Gasteiger partial charge on any atom is -0.490 e. The zero-order valence-corrected chi connectivity index (χ0v) is 14.4. The Bertz CT molecular complexity index is 601. The van der Waals surface area contributed by atoms with Crippen molar-refractivity contribution in [3.05, 3.63) is 23.8 Å². The Balaban J connectivity index is 2.21. The number of amides is 1. The molecule has 0 radical (unpaired) electrons. The fourth-order valence-electron chi connectivity index (χ4n) is 2.91. The van der Waals surface area contributed by atoms with Crippen LogP contribution in [0.25, 0.3) is 0 Å². The van der Waals surface area contributed by atoms with E-state index < -0.39 is 12.6 Å². The fourth-order valence-corrected chi connectivity index (χ4v) is 2.91. The van der Waals surface area contributed by atoms with Gasteiger partial charge in [-0.2, -0.15) is 0 Å². The molecule has 1 aromatic rings. The Morgan fingerprint density at radius 2 is 1.96 bits per heavy atom. The molecule has 2 rings (SSSR count). The number of piperidine rings is 1. The Kier molecular flexibility index (Phi) is 6.06. The zero-order chi connectivity index (χ0) is 17.7. The van der Waals surface area contributed by atoms with Crippen molar-refractivity contribution in [2.24, 2.45) is 5.92 Å². The van der Waals surface area contributed by atoms with Gasteiger partial charge in [0.2, 0.25) is 0 Å². The minimum absolute atomic E-state index is 0.0280. The first-order valence-corrected chi connectivity index (χ1v) is 8.34. The van der Waals surface area contributed by atoms with Gasteiger partial charge in [0, 0.05) is 18.2 Å². The van der Waals surface area contributed by atoms with Gasteiger partial charge in [-0.1, -0.05) is 6.92 Å². The molecule has 1 aromatic carbocycles. The Labute approximate surface area is 142 Å². The van der Waals surface area contributed by atoms with Crippen LogP contribution < -0.4 is 9.47 Å². The second-order valence-corrected chi connectivity index (χ2v) is 6.27. The van der Waals surface area contributed by atoms with Crippen molar-refractivity contribution in [2.75, 3.05) is 19.8 Å². The minimum atomic E-state index is -1.06. The summed E-state index contributed by atoms with van der Waals surface area (Å²) in [7, 11) is 0. The van der Waals surface area contributed by atoms with E-state index in [0.29, 0.717) is 29.6 Å². The first kappa shape index (κ1) is 18.1. The summed E-state index contributed by atoms with van der Waals surface area (Å²) in [6, 6.07) is 5.11. The number of rotatable bonds is 6. The molecule has 1 heterocycles. The van der Waals surface area contributed by atoms with E-state index in [1.807, 2.05) is 11.8 Å². The molecule has 1 fully saturated rings. The van der Waals surface area contributed by atoms with E-state index in [9.17, 15) is 9.59 Å². The maximum absolute atomic E-state index is 12.8. The van der Waals surface area contributed by atoms with Gasteiger partial charge in [0.25, 0.3) is 5.91 Å². The molecule has 2 unspecified atom stereocenters. The average molecular weight is 335 g/mol. The smallest absolute Gasteiger partial charge is 0.341 e. The molecule has 0 aromatic heterocycles. The average Bonchev–Trinajstić information content (AvgIpc) is 2.55. The van der Waals surface area contributed by atoms with Gasteiger partial charge in [-0.25, -0.2) is 4.79 Å². The van der Waals surface area contributed by atoms with Crippen LogP contribution in [0.5, 0.6) is 11.5 Å². The molecule has 1 aliphatic rings. The van der Waals surface area contributed by atoms with Crippen molar-refractivity contribution in [1.29, 1.82) is 0 Å². The van der Waals surface area contributed by atoms with Crippen LogP contribution >= 0.6 is 0 Å². The summed E-state index contributed by atoms with van der Waals surface area (Å²) < 4.78 is 10.7. The van der Waals surface area contributed by atoms with Gasteiger partial charge in [-0.3, -0.25) is 4.79 Å². The molecule has 0 saturated carbocycles. The van der Waals surface area contributed by atoms with Crippen molar-refractivity contribution in [2.45, 2.75) is 39.7 Å². The van der Waals surface area contributed by atoms with E-state index in [1.54, 1.807) is 18.2 Å². The van der Waals surface area contributed by atoms with Gasteiger partial charge in [-0.15, -0.1) is 0 Å². The van der Waals surface area contributed by atoms with E-state index in [4.69, 9.17) is 14.6 Å². The van der Waals surface area contributed by atoms with Gasteiger partial charge in [-0.05, 0) is 50.8 Å². The van der Waals surface area contributed by atoms with Crippen LogP contribution in [0.4, 0.5) is 0 Å². The number of nitrogens with zero attached hydrogens (tertiary/aromatic N) is 1. The lowest BCUT2D eigenvalue weighted by Crippen LogP contribution is -2.44. The van der Waals surface area contributed by atoms with Gasteiger partial charge in [0.15, 0.2) is 18.1 Å². The Hall–Kier alpha value is -2.24. The highest BCUT2D eigenvalue weighted by Gasteiger charge is 2.28. The van der Waals surface area contributed by atoms with E-state index >= 15 is 0 Å². The van der Waals surface area contributed by atoms with E-state index in [0.717, 1.165) is 19.4 Å². The zero-order valence-electron chi connectivity index (χ0n) is 14.4. The number of hydrogen-bond acceptors (Lipinski definition) is 4. The standard InChI is InChI=1S/C18H25NO5/c1-4-23-16-9-14(7-8-15(16)24-11-17(20)21)18(22)19-10-12(2)5-6-13(19)3/h7-9,12-13H,4-6,10-11H2,1-3H3,(H,20,21). The van der Waals surface area contributed by atoms with E-state index in [2.05, 4.69) is 13.8 Å². The number of likely N-dealkylation sites (tertiary alicyclic amines) is 1.